The summed E-state index contributed by atoms with van der Waals surface area (Å²) < 4.78 is 10.2. The summed E-state index contributed by atoms with van der Waals surface area (Å²) >= 11 is 0. The lowest BCUT2D eigenvalue weighted by Crippen LogP contribution is -2.28. The predicted molar refractivity (Wildman–Crippen MR) is 66.7 cm³/mol. The van der Waals surface area contributed by atoms with Crippen LogP contribution in [0.3, 0.4) is 0 Å². The van der Waals surface area contributed by atoms with Crippen molar-refractivity contribution in [3.05, 3.63) is 23.8 Å². The van der Waals surface area contributed by atoms with Crippen LogP contribution in [0.2, 0.25) is 0 Å². The first kappa shape index (κ1) is 13.8. The molecule has 0 radical (unpaired) electrons. The Morgan fingerprint density at radius 2 is 2.17 bits per heavy atom. The van der Waals surface area contributed by atoms with Gasteiger partial charge in [0.2, 0.25) is 0 Å². The van der Waals surface area contributed by atoms with E-state index in [1.807, 2.05) is 0 Å². The van der Waals surface area contributed by atoms with Gasteiger partial charge in [0.05, 0.1) is 31.8 Å². The Morgan fingerprint density at radius 3 is 2.72 bits per heavy atom. The van der Waals surface area contributed by atoms with Gasteiger partial charge in [-0.3, -0.25) is 4.79 Å². The van der Waals surface area contributed by atoms with E-state index < -0.39 is 0 Å². The highest BCUT2D eigenvalue weighted by molar-refractivity contribution is 5.97. The summed E-state index contributed by atoms with van der Waals surface area (Å²) in [5.41, 5.74) is 0.391. The van der Waals surface area contributed by atoms with E-state index in [9.17, 15) is 4.79 Å². The third-order valence-electron chi connectivity index (χ3n) is 2.44. The highest BCUT2D eigenvalue weighted by Gasteiger charge is 2.14. The molecule has 0 aromatic heterocycles. The maximum absolute atomic E-state index is 12.0. The molecule has 0 aliphatic carbocycles. The van der Waals surface area contributed by atoms with Crippen LogP contribution in [0, 0.1) is 17.2 Å². The molecule has 18 heavy (non-hydrogen) atoms. The zero-order valence-corrected chi connectivity index (χ0v) is 10.7. The van der Waals surface area contributed by atoms with Gasteiger partial charge in [-0.15, -0.1) is 0 Å². The van der Waals surface area contributed by atoms with Crippen molar-refractivity contribution in [2.45, 2.75) is 6.92 Å². The Hall–Kier alpha value is -2.22. The predicted octanol–water partition coefficient (Wildman–Crippen LogP) is 1.59. The molecule has 1 N–H and O–H groups in total. The number of benzene rings is 1. The molecule has 0 spiro atoms. The van der Waals surface area contributed by atoms with Gasteiger partial charge in [0, 0.05) is 6.54 Å². The van der Waals surface area contributed by atoms with Gasteiger partial charge in [-0.1, -0.05) is 0 Å². The van der Waals surface area contributed by atoms with E-state index >= 15 is 0 Å². The van der Waals surface area contributed by atoms with Crippen LogP contribution in [0.5, 0.6) is 11.5 Å². The van der Waals surface area contributed by atoms with Crippen LogP contribution >= 0.6 is 0 Å². The zero-order valence-electron chi connectivity index (χ0n) is 10.7. The molecule has 0 saturated carbocycles. The third kappa shape index (κ3) is 3.39. The molecule has 1 rings (SSSR count). The zero-order chi connectivity index (χ0) is 13.5. The van der Waals surface area contributed by atoms with Gasteiger partial charge in [0.1, 0.15) is 11.5 Å². The number of methoxy groups -OCH3 is 2. The molecule has 0 fully saturated rings. The van der Waals surface area contributed by atoms with Crippen LogP contribution in [0.25, 0.3) is 0 Å². The Kier molecular flexibility index (Phi) is 5.00. The summed E-state index contributed by atoms with van der Waals surface area (Å²) in [7, 11) is 3.03. The maximum atomic E-state index is 12.0. The standard InChI is InChI=1S/C13H16N2O3/c1-9(7-14)8-15-13(16)11-6-10(17-2)4-5-12(11)18-3/h4-6,9H,8H2,1-3H3,(H,15,16). The van der Waals surface area contributed by atoms with Crippen molar-refractivity contribution < 1.29 is 14.3 Å². The quantitative estimate of drug-likeness (QED) is 0.859. The molecule has 5 heteroatoms. The van der Waals surface area contributed by atoms with Crippen LogP contribution in [0.15, 0.2) is 18.2 Å². The number of nitrogens with one attached hydrogen (secondary N) is 1. The molecule has 1 atom stereocenters. The van der Waals surface area contributed by atoms with Crippen molar-refractivity contribution in [3.63, 3.8) is 0 Å². The van der Waals surface area contributed by atoms with Crippen molar-refractivity contribution in [2.24, 2.45) is 5.92 Å². The first-order chi connectivity index (χ1) is 8.62. The summed E-state index contributed by atoms with van der Waals surface area (Å²) in [4.78, 5) is 12.0. The van der Waals surface area contributed by atoms with Crippen LogP contribution in [0.1, 0.15) is 17.3 Å². The van der Waals surface area contributed by atoms with E-state index in [1.165, 1.54) is 14.2 Å². The van der Waals surface area contributed by atoms with E-state index in [4.69, 9.17) is 14.7 Å². The Morgan fingerprint density at radius 1 is 1.44 bits per heavy atom. The fourth-order valence-electron chi connectivity index (χ4n) is 1.38. The second-order valence-corrected chi connectivity index (χ2v) is 3.81. The topological polar surface area (TPSA) is 71.3 Å². The highest BCUT2D eigenvalue weighted by Crippen LogP contribution is 2.23. The number of amides is 1. The van der Waals surface area contributed by atoms with E-state index in [-0.39, 0.29) is 11.8 Å². The van der Waals surface area contributed by atoms with Crippen LogP contribution in [0.4, 0.5) is 0 Å². The molecule has 0 saturated heterocycles. The fraction of sp³-hybridized carbons (Fsp3) is 0.385. The van der Waals surface area contributed by atoms with Gasteiger partial charge in [-0.25, -0.2) is 0 Å². The summed E-state index contributed by atoms with van der Waals surface area (Å²) in [6.07, 6.45) is 0. The average molecular weight is 248 g/mol. The Bertz CT molecular complexity index is 466. The van der Waals surface area contributed by atoms with Crippen LogP contribution in [-0.4, -0.2) is 26.7 Å². The number of nitrogens with zero attached hydrogens (tertiary/aromatic N) is 1. The van der Waals surface area contributed by atoms with E-state index in [1.54, 1.807) is 25.1 Å². The lowest BCUT2D eigenvalue weighted by molar-refractivity contribution is 0.0947. The monoisotopic (exact) mass is 248 g/mol. The number of hydrogen-bond donors (Lipinski definition) is 1. The number of ether oxygens (including phenoxy) is 2. The molecule has 1 amide bonds. The molecule has 96 valence electrons. The lowest BCUT2D eigenvalue weighted by atomic mass is 10.1. The summed E-state index contributed by atoms with van der Waals surface area (Å²) in [5.74, 6) is 0.533. The van der Waals surface area contributed by atoms with Gasteiger partial charge in [-0.05, 0) is 25.1 Å². The number of carbonyl (C=O) groups is 1. The van der Waals surface area contributed by atoms with Gasteiger partial charge in [0.25, 0.3) is 5.91 Å². The molecule has 0 aliphatic rings. The van der Waals surface area contributed by atoms with Gasteiger partial charge >= 0.3 is 0 Å². The van der Waals surface area contributed by atoms with E-state index in [0.717, 1.165) is 0 Å². The van der Waals surface area contributed by atoms with Crippen molar-refractivity contribution in [1.29, 1.82) is 5.26 Å². The summed E-state index contributed by atoms with van der Waals surface area (Å²) in [5, 5.41) is 11.3. The van der Waals surface area contributed by atoms with Gasteiger partial charge in [0.15, 0.2) is 0 Å². The molecule has 5 nitrogen and oxygen atoms in total. The van der Waals surface area contributed by atoms with Gasteiger partial charge in [-0.2, -0.15) is 5.26 Å². The number of rotatable bonds is 5. The van der Waals surface area contributed by atoms with Gasteiger partial charge < -0.3 is 14.8 Å². The second-order valence-electron chi connectivity index (χ2n) is 3.81. The molecule has 0 bridgehead atoms. The van der Waals surface area contributed by atoms with Crippen molar-refractivity contribution in [3.8, 4) is 17.6 Å². The summed E-state index contributed by atoms with van der Waals surface area (Å²) in [6, 6.07) is 7.04. The van der Waals surface area contributed by atoms with E-state index in [0.29, 0.717) is 23.6 Å². The second kappa shape index (κ2) is 6.50. The minimum absolute atomic E-state index is 0.231. The number of nitriles is 1. The Labute approximate surface area is 106 Å². The largest absolute Gasteiger partial charge is 0.497 e. The minimum atomic E-state index is -0.284. The fourth-order valence-corrected chi connectivity index (χ4v) is 1.38. The Balaban J connectivity index is 2.86. The van der Waals surface area contributed by atoms with E-state index in [2.05, 4.69) is 11.4 Å². The van der Waals surface area contributed by atoms with Crippen LogP contribution in [-0.2, 0) is 0 Å². The average Bonchev–Trinajstić information content (AvgIpc) is 2.43. The summed E-state index contributed by atoms with van der Waals surface area (Å²) in [6.45, 7) is 2.04. The maximum Gasteiger partial charge on any atom is 0.255 e. The van der Waals surface area contributed by atoms with Crippen LogP contribution < -0.4 is 14.8 Å². The molecular weight excluding hydrogens is 232 g/mol. The first-order valence-electron chi connectivity index (χ1n) is 5.52. The minimum Gasteiger partial charge on any atom is -0.497 e. The molecule has 0 aliphatic heterocycles. The molecule has 1 aromatic carbocycles. The molecule has 0 heterocycles. The first-order valence-corrected chi connectivity index (χ1v) is 5.52. The van der Waals surface area contributed by atoms with Crippen molar-refractivity contribution in [1.82, 2.24) is 5.32 Å². The van der Waals surface area contributed by atoms with Crippen molar-refractivity contribution in [2.75, 3.05) is 20.8 Å². The third-order valence-corrected chi connectivity index (χ3v) is 2.44. The number of hydrogen-bond acceptors (Lipinski definition) is 4. The highest BCUT2D eigenvalue weighted by atomic mass is 16.5. The molecule has 1 unspecified atom stereocenters. The molecular formula is C13H16N2O3. The lowest BCUT2D eigenvalue weighted by Gasteiger charge is -2.11. The number of carbonyl (C=O) groups excluding carboxylic acids is 1. The SMILES string of the molecule is COc1ccc(OC)c(C(=O)NCC(C)C#N)c1. The van der Waals surface area contributed by atoms with Crippen molar-refractivity contribution >= 4 is 5.91 Å². The smallest absolute Gasteiger partial charge is 0.255 e. The normalized spacial score (nSPS) is 11.2. The molecule has 1 aromatic rings.